The summed E-state index contributed by atoms with van der Waals surface area (Å²) in [6.45, 7) is 2.32. The lowest BCUT2D eigenvalue weighted by atomic mass is 10.2. The third-order valence-corrected chi connectivity index (χ3v) is 7.22. The van der Waals surface area contributed by atoms with Crippen LogP contribution in [0.1, 0.15) is 34.7 Å². The molecule has 1 aromatic heterocycles. The zero-order chi connectivity index (χ0) is 17.2. The van der Waals surface area contributed by atoms with Crippen molar-refractivity contribution in [1.82, 2.24) is 4.31 Å². The molecule has 1 aromatic carbocycles. The Labute approximate surface area is 146 Å². The number of sulfonamides is 1. The smallest absolute Gasteiger partial charge is 0.243 e. The molecule has 0 spiro atoms. The number of ketones is 1. The molecule has 0 aliphatic carbocycles. The van der Waals surface area contributed by atoms with Gasteiger partial charge in [0.25, 0.3) is 0 Å². The first-order chi connectivity index (χ1) is 11.5. The fraction of sp³-hybridized carbons (Fsp3) is 0.353. The lowest BCUT2D eigenvalue weighted by Crippen LogP contribution is -2.33. The van der Waals surface area contributed by atoms with E-state index in [4.69, 9.17) is 4.42 Å². The van der Waals surface area contributed by atoms with Crippen LogP contribution in [0, 0.1) is 0 Å². The van der Waals surface area contributed by atoms with Crippen LogP contribution in [0.15, 0.2) is 52.0 Å². The third-order valence-electron chi connectivity index (χ3n) is 4.04. The number of carbonyl (C=O) groups is 1. The van der Waals surface area contributed by atoms with Crippen LogP contribution in [0.3, 0.4) is 0 Å². The van der Waals surface area contributed by atoms with Crippen LogP contribution < -0.4 is 0 Å². The van der Waals surface area contributed by atoms with Gasteiger partial charge in [-0.05, 0) is 37.6 Å². The average Bonchev–Trinajstić information content (AvgIpc) is 2.99. The quantitative estimate of drug-likeness (QED) is 0.777. The summed E-state index contributed by atoms with van der Waals surface area (Å²) in [4.78, 5) is 11.7. The molecule has 0 bridgehead atoms. The average molecular weight is 365 g/mol. The van der Waals surface area contributed by atoms with E-state index >= 15 is 0 Å². The zero-order valence-electron chi connectivity index (χ0n) is 13.3. The lowest BCUT2D eigenvalue weighted by Gasteiger charge is -2.20. The Balaban J connectivity index is 1.80. The highest BCUT2D eigenvalue weighted by molar-refractivity contribution is 7.99. The minimum absolute atomic E-state index is 0.142. The molecule has 0 radical (unpaired) electrons. The standard InChI is InChI=1S/C17H19NO4S2/c1-13(19)14-4-2-5-15(12-14)24(20,21)18-8-7-17(23-11-9-18)16-6-3-10-22-16/h2-6,10,12,17H,7-9,11H2,1H3. The molecular weight excluding hydrogens is 346 g/mol. The fourth-order valence-corrected chi connectivity index (χ4v) is 5.52. The van der Waals surface area contributed by atoms with Gasteiger partial charge >= 0.3 is 0 Å². The van der Waals surface area contributed by atoms with Crippen molar-refractivity contribution < 1.29 is 17.6 Å². The van der Waals surface area contributed by atoms with Crippen molar-refractivity contribution in [1.29, 1.82) is 0 Å². The highest BCUT2D eigenvalue weighted by Crippen LogP contribution is 2.35. The first-order valence-electron chi connectivity index (χ1n) is 7.74. The fourth-order valence-electron chi connectivity index (χ4n) is 2.72. The van der Waals surface area contributed by atoms with E-state index in [1.807, 2.05) is 12.1 Å². The van der Waals surface area contributed by atoms with Crippen molar-refractivity contribution in [3.05, 3.63) is 54.0 Å². The number of carbonyl (C=O) groups excluding carboxylic acids is 1. The number of rotatable bonds is 4. The van der Waals surface area contributed by atoms with E-state index in [2.05, 4.69) is 0 Å². The molecule has 1 unspecified atom stereocenters. The van der Waals surface area contributed by atoms with Crippen molar-refractivity contribution in [2.24, 2.45) is 0 Å². The van der Waals surface area contributed by atoms with Gasteiger partial charge in [0.2, 0.25) is 10.0 Å². The molecule has 1 aliphatic rings. The largest absolute Gasteiger partial charge is 0.468 e. The Morgan fingerprint density at radius 1 is 1.25 bits per heavy atom. The molecule has 0 amide bonds. The van der Waals surface area contributed by atoms with Gasteiger partial charge in [-0.3, -0.25) is 4.79 Å². The van der Waals surface area contributed by atoms with Crippen molar-refractivity contribution in [3.8, 4) is 0 Å². The summed E-state index contributed by atoms with van der Waals surface area (Å²) >= 11 is 1.71. The normalized spacial score (nSPS) is 19.8. The molecule has 1 fully saturated rings. The van der Waals surface area contributed by atoms with Crippen LogP contribution in [-0.2, 0) is 10.0 Å². The summed E-state index contributed by atoms with van der Waals surface area (Å²) in [7, 11) is -3.60. The molecule has 0 saturated carbocycles. The molecular formula is C17H19NO4S2. The predicted octanol–water partition coefficient (Wildman–Crippen LogP) is 3.35. The highest BCUT2D eigenvalue weighted by atomic mass is 32.2. The van der Waals surface area contributed by atoms with E-state index in [0.29, 0.717) is 30.8 Å². The molecule has 2 heterocycles. The van der Waals surface area contributed by atoms with Crippen LogP contribution in [-0.4, -0.2) is 37.3 Å². The second-order valence-electron chi connectivity index (χ2n) is 5.65. The summed E-state index contributed by atoms with van der Waals surface area (Å²) < 4.78 is 32.7. The SMILES string of the molecule is CC(=O)c1cccc(S(=O)(=O)N2CCSC(c3ccco3)CC2)c1. The van der Waals surface area contributed by atoms with E-state index in [1.54, 1.807) is 36.2 Å². The van der Waals surface area contributed by atoms with Gasteiger partial charge < -0.3 is 4.42 Å². The van der Waals surface area contributed by atoms with Crippen molar-refractivity contribution in [3.63, 3.8) is 0 Å². The first kappa shape index (κ1) is 17.3. The van der Waals surface area contributed by atoms with Crippen molar-refractivity contribution >= 4 is 27.6 Å². The number of furan rings is 1. The van der Waals surface area contributed by atoms with Gasteiger partial charge in [0.05, 0.1) is 16.4 Å². The number of benzene rings is 1. The number of Topliss-reactive ketones (excluding diaryl/α,β-unsaturated/α-hetero) is 1. The van der Waals surface area contributed by atoms with Gasteiger partial charge in [0.1, 0.15) is 5.76 Å². The van der Waals surface area contributed by atoms with Crippen molar-refractivity contribution in [2.45, 2.75) is 23.5 Å². The summed E-state index contributed by atoms with van der Waals surface area (Å²) in [5, 5.41) is 0.170. The molecule has 1 saturated heterocycles. The molecule has 128 valence electrons. The minimum Gasteiger partial charge on any atom is -0.468 e. The van der Waals surface area contributed by atoms with Gasteiger partial charge in [-0.1, -0.05) is 12.1 Å². The maximum Gasteiger partial charge on any atom is 0.243 e. The highest BCUT2D eigenvalue weighted by Gasteiger charge is 2.29. The molecule has 3 rings (SSSR count). The van der Waals surface area contributed by atoms with Crippen LogP contribution >= 0.6 is 11.8 Å². The Kier molecular flexibility index (Phi) is 5.12. The summed E-state index contributed by atoms with van der Waals surface area (Å²) in [5.41, 5.74) is 0.411. The summed E-state index contributed by atoms with van der Waals surface area (Å²) in [6.07, 6.45) is 2.34. The van der Waals surface area contributed by atoms with Gasteiger partial charge in [0, 0.05) is 24.4 Å². The lowest BCUT2D eigenvalue weighted by molar-refractivity contribution is 0.101. The van der Waals surface area contributed by atoms with Gasteiger partial charge in [-0.15, -0.1) is 11.8 Å². The van der Waals surface area contributed by atoms with Crippen LogP contribution in [0.4, 0.5) is 0 Å². The van der Waals surface area contributed by atoms with Crippen molar-refractivity contribution in [2.75, 3.05) is 18.8 Å². The van der Waals surface area contributed by atoms with Gasteiger partial charge in [0.15, 0.2) is 5.78 Å². The molecule has 0 N–H and O–H groups in total. The van der Waals surface area contributed by atoms with E-state index < -0.39 is 10.0 Å². The molecule has 1 aliphatic heterocycles. The Hall–Kier alpha value is -1.57. The molecule has 24 heavy (non-hydrogen) atoms. The maximum atomic E-state index is 12.9. The van der Waals surface area contributed by atoms with Crippen LogP contribution in [0.5, 0.6) is 0 Å². The Morgan fingerprint density at radius 3 is 2.79 bits per heavy atom. The third kappa shape index (κ3) is 3.58. The molecule has 5 nitrogen and oxygen atoms in total. The number of thioether (sulfide) groups is 1. The minimum atomic E-state index is -3.60. The van der Waals surface area contributed by atoms with Crippen LogP contribution in [0.2, 0.25) is 0 Å². The topological polar surface area (TPSA) is 67.6 Å². The van der Waals surface area contributed by atoms with Crippen LogP contribution in [0.25, 0.3) is 0 Å². The molecule has 2 aromatic rings. The van der Waals surface area contributed by atoms with E-state index in [0.717, 1.165) is 5.76 Å². The molecule has 7 heteroatoms. The van der Waals surface area contributed by atoms with Gasteiger partial charge in [-0.25, -0.2) is 8.42 Å². The Bertz CT molecular complexity index is 815. The summed E-state index contributed by atoms with van der Waals surface area (Å²) in [5.74, 6) is 1.45. The molecule has 1 atom stereocenters. The maximum absolute atomic E-state index is 12.9. The second kappa shape index (κ2) is 7.13. The summed E-state index contributed by atoms with van der Waals surface area (Å²) in [6, 6.07) is 10.0. The van der Waals surface area contributed by atoms with E-state index in [-0.39, 0.29) is 15.9 Å². The van der Waals surface area contributed by atoms with E-state index in [1.165, 1.54) is 17.3 Å². The van der Waals surface area contributed by atoms with Gasteiger partial charge in [-0.2, -0.15) is 4.31 Å². The number of hydrogen-bond donors (Lipinski definition) is 0. The number of hydrogen-bond acceptors (Lipinski definition) is 5. The van der Waals surface area contributed by atoms with E-state index in [9.17, 15) is 13.2 Å². The Morgan fingerprint density at radius 2 is 2.08 bits per heavy atom. The predicted molar refractivity (Wildman–Crippen MR) is 93.7 cm³/mol. The second-order valence-corrected chi connectivity index (χ2v) is 8.90. The zero-order valence-corrected chi connectivity index (χ0v) is 15.0. The first-order valence-corrected chi connectivity index (χ1v) is 10.2. The monoisotopic (exact) mass is 365 g/mol. The number of nitrogens with zero attached hydrogens (tertiary/aromatic N) is 1.